The predicted molar refractivity (Wildman–Crippen MR) is 115 cm³/mol. The van der Waals surface area contributed by atoms with Crippen molar-refractivity contribution < 1.29 is 14.3 Å². The van der Waals surface area contributed by atoms with Crippen molar-refractivity contribution in [1.29, 1.82) is 0 Å². The standard InChI is InChI=1S/C24H25N3O3/c1-16-8-9-17(2)27(16)26-23(28)19-10-14-21(15-11-19)30-22(18-6-4-3-5-7-18)24(29)25-20-12-13-20/h3-11,14-15,20,22H,12-13H2,1-2H3,(H,25,29)(H,26,28)/t22-/m0/s1. The molecule has 0 spiro atoms. The summed E-state index contributed by atoms with van der Waals surface area (Å²) in [4.78, 5) is 25.3. The summed E-state index contributed by atoms with van der Waals surface area (Å²) in [5.41, 5.74) is 6.08. The number of aromatic nitrogens is 1. The van der Waals surface area contributed by atoms with Crippen molar-refractivity contribution >= 4 is 11.8 Å². The van der Waals surface area contributed by atoms with Gasteiger partial charge in [-0.05, 0) is 63.1 Å². The van der Waals surface area contributed by atoms with E-state index < -0.39 is 6.10 Å². The molecule has 30 heavy (non-hydrogen) atoms. The summed E-state index contributed by atoms with van der Waals surface area (Å²) in [7, 11) is 0. The molecule has 0 unspecified atom stereocenters. The minimum Gasteiger partial charge on any atom is -0.476 e. The largest absolute Gasteiger partial charge is 0.476 e. The van der Waals surface area contributed by atoms with Crippen LogP contribution in [-0.2, 0) is 4.79 Å². The van der Waals surface area contributed by atoms with Gasteiger partial charge in [0.05, 0.1) is 0 Å². The molecule has 0 bridgehead atoms. The van der Waals surface area contributed by atoms with Gasteiger partial charge in [0.1, 0.15) is 5.75 Å². The number of aryl methyl sites for hydroxylation is 2. The summed E-state index contributed by atoms with van der Waals surface area (Å²) in [6.07, 6.45) is 1.28. The zero-order valence-corrected chi connectivity index (χ0v) is 17.1. The molecule has 1 atom stereocenters. The fourth-order valence-corrected chi connectivity index (χ4v) is 3.24. The summed E-state index contributed by atoms with van der Waals surface area (Å²) in [6, 6.07) is 20.4. The molecule has 154 valence electrons. The van der Waals surface area contributed by atoms with Gasteiger partial charge in [-0.2, -0.15) is 0 Å². The molecule has 0 radical (unpaired) electrons. The van der Waals surface area contributed by atoms with E-state index in [2.05, 4.69) is 10.7 Å². The number of amides is 2. The van der Waals surface area contributed by atoms with Gasteiger partial charge in [0.2, 0.25) is 6.10 Å². The Kier molecular flexibility index (Phi) is 5.57. The number of hydrogen-bond donors (Lipinski definition) is 2. The minimum absolute atomic E-state index is 0.149. The van der Waals surface area contributed by atoms with E-state index in [1.807, 2.05) is 56.3 Å². The number of nitrogens with zero attached hydrogens (tertiary/aromatic N) is 1. The van der Waals surface area contributed by atoms with Crippen LogP contribution in [0, 0.1) is 13.8 Å². The quantitative estimate of drug-likeness (QED) is 0.629. The molecule has 0 saturated heterocycles. The number of hydrogen-bond acceptors (Lipinski definition) is 3. The van der Waals surface area contributed by atoms with E-state index in [4.69, 9.17) is 4.74 Å². The van der Waals surface area contributed by atoms with Crippen LogP contribution in [0.4, 0.5) is 0 Å². The molecular formula is C24H25N3O3. The highest BCUT2D eigenvalue weighted by atomic mass is 16.5. The lowest BCUT2D eigenvalue weighted by Crippen LogP contribution is -2.33. The molecule has 2 aromatic carbocycles. The summed E-state index contributed by atoms with van der Waals surface area (Å²) < 4.78 is 7.77. The topological polar surface area (TPSA) is 72.4 Å². The van der Waals surface area contributed by atoms with Crippen LogP contribution < -0.4 is 15.5 Å². The third-order valence-electron chi connectivity index (χ3n) is 5.12. The van der Waals surface area contributed by atoms with Crippen LogP contribution in [0.2, 0.25) is 0 Å². The SMILES string of the molecule is Cc1ccc(C)n1NC(=O)c1ccc(O[C@H](C(=O)NC2CC2)c2ccccc2)cc1. The van der Waals surface area contributed by atoms with Crippen LogP contribution >= 0.6 is 0 Å². The second-order valence-electron chi connectivity index (χ2n) is 7.61. The van der Waals surface area contributed by atoms with Crippen LogP contribution in [0.5, 0.6) is 5.75 Å². The van der Waals surface area contributed by atoms with Gasteiger partial charge in [0, 0.05) is 28.6 Å². The second kappa shape index (κ2) is 8.45. The van der Waals surface area contributed by atoms with Gasteiger partial charge in [0.15, 0.2) is 0 Å². The van der Waals surface area contributed by atoms with Gasteiger partial charge in [-0.25, -0.2) is 0 Å². The maximum absolute atomic E-state index is 12.7. The first-order valence-electron chi connectivity index (χ1n) is 10.1. The van der Waals surface area contributed by atoms with Crippen molar-refractivity contribution in [3.8, 4) is 5.75 Å². The van der Waals surface area contributed by atoms with E-state index in [1.165, 1.54) is 0 Å². The van der Waals surface area contributed by atoms with Crippen LogP contribution in [0.3, 0.4) is 0 Å². The Bertz CT molecular complexity index is 1020. The first-order chi connectivity index (χ1) is 14.5. The molecule has 3 aromatic rings. The molecular weight excluding hydrogens is 378 g/mol. The van der Waals surface area contributed by atoms with Crippen molar-refractivity contribution in [2.45, 2.75) is 38.8 Å². The molecule has 1 fully saturated rings. The smallest absolute Gasteiger partial charge is 0.270 e. The maximum atomic E-state index is 12.7. The molecule has 4 rings (SSSR count). The highest BCUT2D eigenvalue weighted by molar-refractivity contribution is 6.00. The lowest BCUT2D eigenvalue weighted by molar-refractivity contribution is -0.128. The number of rotatable bonds is 7. The van der Waals surface area contributed by atoms with E-state index in [0.717, 1.165) is 29.8 Å². The number of carbonyl (C=O) groups excluding carboxylic acids is 2. The van der Waals surface area contributed by atoms with E-state index in [0.29, 0.717) is 11.3 Å². The number of carbonyl (C=O) groups is 2. The molecule has 1 aliphatic carbocycles. The lowest BCUT2D eigenvalue weighted by Gasteiger charge is -2.19. The average molecular weight is 403 g/mol. The summed E-state index contributed by atoms with van der Waals surface area (Å²) in [5, 5.41) is 3.01. The van der Waals surface area contributed by atoms with Crippen LogP contribution in [0.15, 0.2) is 66.7 Å². The Morgan fingerprint density at radius 3 is 2.17 bits per heavy atom. The van der Waals surface area contributed by atoms with Crippen molar-refractivity contribution in [3.63, 3.8) is 0 Å². The molecule has 1 aromatic heterocycles. The molecule has 6 nitrogen and oxygen atoms in total. The normalized spacial score (nSPS) is 14.1. The third kappa shape index (κ3) is 4.54. The van der Waals surface area contributed by atoms with Crippen LogP contribution in [0.1, 0.15) is 46.3 Å². The van der Waals surface area contributed by atoms with E-state index in [-0.39, 0.29) is 17.9 Å². The van der Waals surface area contributed by atoms with Gasteiger partial charge >= 0.3 is 0 Å². The van der Waals surface area contributed by atoms with Gasteiger partial charge in [-0.3, -0.25) is 19.7 Å². The fraction of sp³-hybridized carbons (Fsp3) is 0.250. The Balaban J connectivity index is 1.47. The molecule has 2 amide bonds. The molecule has 0 aliphatic heterocycles. The second-order valence-corrected chi connectivity index (χ2v) is 7.61. The van der Waals surface area contributed by atoms with Crippen molar-refractivity contribution in [2.75, 3.05) is 5.43 Å². The average Bonchev–Trinajstić information content (AvgIpc) is 3.53. The van der Waals surface area contributed by atoms with Gasteiger partial charge in [-0.15, -0.1) is 0 Å². The highest BCUT2D eigenvalue weighted by Gasteiger charge is 2.29. The zero-order valence-electron chi connectivity index (χ0n) is 17.1. The van der Waals surface area contributed by atoms with Crippen LogP contribution in [-0.4, -0.2) is 22.5 Å². The van der Waals surface area contributed by atoms with E-state index in [1.54, 1.807) is 28.9 Å². The molecule has 1 heterocycles. The fourth-order valence-electron chi connectivity index (χ4n) is 3.24. The summed E-state index contributed by atoms with van der Waals surface area (Å²) >= 11 is 0. The molecule has 6 heteroatoms. The van der Waals surface area contributed by atoms with Crippen LogP contribution in [0.25, 0.3) is 0 Å². The van der Waals surface area contributed by atoms with Crippen molar-refractivity contribution in [2.24, 2.45) is 0 Å². The van der Waals surface area contributed by atoms with E-state index in [9.17, 15) is 9.59 Å². The Labute approximate surface area is 175 Å². The highest BCUT2D eigenvalue weighted by Crippen LogP contribution is 2.25. The maximum Gasteiger partial charge on any atom is 0.270 e. The first kappa shape index (κ1) is 19.8. The van der Waals surface area contributed by atoms with Gasteiger partial charge in [-0.1, -0.05) is 30.3 Å². The molecule has 2 N–H and O–H groups in total. The van der Waals surface area contributed by atoms with Gasteiger partial charge in [0.25, 0.3) is 11.8 Å². The Hall–Kier alpha value is -3.54. The minimum atomic E-state index is -0.739. The lowest BCUT2D eigenvalue weighted by atomic mass is 10.1. The monoisotopic (exact) mass is 403 g/mol. The third-order valence-corrected chi connectivity index (χ3v) is 5.12. The Morgan fingerprint density at radius 2 is 1.57 bits per heavy atom. The zero-order chi connectivity index (χ0) is 21.1. The Morgan fingerprint density at radius 1 is 0.933 bits per heavy atom. The molecule has 1 saturated carbocycles. The summed E-state index contributed by atoms with van der Waals surface area (Å²) in [6.45, 7) is 3.86. The number of nitrogens with one attached hydrogen (secondary N) is 2. The predicted octanol–water partition coefficient (Wildman–Crippen LogP) is 3.89. The summed E-state index contributed by atoms with van der Waals surface area (Å²) in [5.74, 6) is 0.166. The molecule has 1 aliphatic rings. The van der Waals surface area contributed by atoms with Crippen molar-refractivity contribution in [1.82, 2.24) is 9.99 Å². The van der Waals surface area contributed by atoms with Crippen molar-refractivity contribution in [3.05, 3.63) is 89.2 Å². The number of ether oxygens (including phenoxy) is 1. The van der Waals surface area contributed by atoms with E-state index >= 15 is 0 Å². The van der Waals surface area contributed by atoms with Gasteiger partial charge < -0.3 is 10.1 Å². The first-order valence-corrected chi connectivity index (χ1v) is 10.1. The number of benzene rings is 2.